The molecule has 1 aliphatic carbocycles. The third kappa shape index (κ3) is 3.81. The Kier molecular flexibility index (Phi) is 4.89. The minimum atomic E-state index is -0.622. The first-order valence-corrected chi connectivity index (χ1v) is 8.38. The van der Waals surface area contributed by atoms with Crippen molar-refractivity contribution >= 4 is 12.8 Å². The second-order valence-corrected chi connectivity index (χ2v) is 7.04. The van der Waals surface area contributed by atoms with Crippen LogP contribution in [-0.2, 0) is 11.3 Å². The minimum absolute atomic E-state index is 0.102. The lowest BCUT2D eigenvalue weighted by Crippen LogP contribution is -2.47. The highest BCUT2D eigenvalue weighted by Gasteiger charge is 2.43. The number of hydrogen-bond donors (Lipinski definition) is 2. The van der Waals surface area contributed by atoms with E-state index >= 15 is 0 Å². The molecule has 1 saturated heterocycles. The summed E-state index contributed by atoms with van der Waals surface area (Å²) in [4.78, 5) is 0. The number of rotatable bonds is 5. The first kappa shape index (κ1) is 15.3. The molecule has 0 radical (unpaired) electrons. The van der Waals surface area contributed by atoms with E-state index in [-0.39, 0.29) is 12.0 Å². The van der Waals surface area contributed by atoms with Crippen molar-refractivity contribution < 1.29 is 9.84 Å². The molecule has 21 heavy (non-hydrogen) atoms. The normalized spacial score (nSPS) is 31.3. The van der Waals surface area contributed by atoms with Crippen molar-refractivity contribution in [2.24, 2.45) is 11.8 Å². The van der Waals surface area contributed by atoms with Gasteiger partial charge in [-0.15, -0.1) is 0 Å². The molecular weight excluding hydrogens is 282 g/mol. The van der Waals surface area contributed by atoms with Gasteiger partial charge in [0.1, 0.15) is 0 Å². The Bertz CT molecular complexity index is 451. The molecule has 4 atom stereocenters. The summed E-state index contributed by atoms with van der Waals surface area (Å²) >= 11 is 4.75. The van der Waals surface area contributed by atoms with Crippen molar-refractivity contribution in [3.05, 3.63) is 35.9 Å². The molecule has 116 valence electrons. The van der Waals surface area contributed by atoms with Gasteiger partial charge in [0.15, 0.2) is 6.29 Å². The number of benzene rings is 1. The maximum Gasteiger partial charge on any atom is 0.157 e. The SMILES string of the molecule is CC1CCC(C(C2CC2)N(S)Cc2ccccc2)OC1O. The summed E-state index contributed by atoms with van der Waals surface area (Å²) in [6.07, 6.45) is 4.03. The summed E-state index contributed by atoms with van der Waals surface area (Å²) in [5.74, 6) is 0.903. The smallest absolute Gasteiger partial charge is 0.157 e. The maximum absolute atomic E-state index is 10.0. The zero-order valence-corrected chi connectivity index (χ0v) is 13.5. The fourth-order valence-electron chi connectivity index (χ4n) is 3.25. The van der Waals surface area contributed by atoms with E-state index in [9.17, 15) is 5.11 Å². The number of ether oxygens (including phenoxy) is 1. The van der Waals surface area contributed by atoms with Crippen molar-refractivity contribution in [2.45, 2.75) is 57.6 Å². The molecular formula is C17H25NO2S. The molecule has 3 rings (SSSR count). The van der Waals surface area contributed by atoms with Gasteiger partial charge in [-0.05, 0) is 37.2 Å². The molecule has 1 saturated carbocycles. The minimum Gasteiger partial charge on any atom is -0.368 e. The maximum atomic E-state index is 10.0. The van der Waals surface area contributed by atoms with Crippen LogP contribution in [-0.4, -0.2) is 27.8 Å². The van der Waals surface area contributed by atoms with Crippen LogP contribution in [0.5, 0.6) is 0 Å². The molecule has 1 N–H and O–H groups in total. The van der Waals surface area contributed by atoms with Gasteiger partial charge in [0, 0.05) is 18.5 Å². The molecule has 1 heterocycles. The Balaban J connectivity index is 1.66. The lowest BCUT2D eigenvalue weighted by atomic mass is 9.92. The Morgan fingerprint density at radius 1 is 1.24 bits per heavy atom. The average molecular weight is 307 g/mol. The lowest BCUT2D eigenvalue weighted by molar-refractivity contribution is -0.202. The third-order valence-corrected chi connectivity index (χ3v) is 5.13. The van der Waals surface area contributed by atoms with Crippen molar-refractivity contribution in [3.63, 3.8) is 0 Å². The van der Waals surface area contributed by atoms with Gasteiger partial charge in [0.05, 0.1) is 6.10 Å². The van der Waals surface area contributed by atoms with E-state index in [1.54, 1.807) is 0 Å². The Labute approximate surface area is 132 Å². The van der Waals surface area contributed by atoms with Gasteiger partial charge in [-0.1, -0.05) is 50.1 Å². The van der Waals surface area contributed by atoms with Crippen LogP contribution < -0.4 is 0 Å². The molecule has 1 aromatic carbocycles. The molecule has 3 nitrogen and oxygen atoms in total. The molecule has 0 bridgehead atoms. The van der Waals surface area contributed by atoms with Crippen molar-refractivity contribution in [1.29, 1.82) is 0 Å². The second kappa shape index (κ2) is 6.69. The van der Waals surface area contributed by atoms with Crippen molar-refractivity contribution in [1.82, 2.24) is 4.31 Å². The fraction of sp³-hybridized carbons (Fsp3) is 0.647. The van der Waals surface area contributed by atoms with Crippen LogP contribution in [0.25, 0.3) is 0 Å². The van der Waals surface area contributed by atoms with Gasteiger partial charge < -0.3 is 9.84 Å². The van der Waals surface area contributed by atoms with E-state index in [1.807, 2.05) is 6.07 Å². The van der Waals surface area contributed by atoms with E-state index in [1.165, 1.54) is 18.4 Å². The van der Waals surface area contributed by atoms with E-state index < -0.39 is 6.29 Å². The molecule has 4 unspecified atom stereocenters. The first-order chi connectivity index (χ1) is 10.1. The van der Waals surface area contributed by atoms with E-state index in [4.69, 9.17) is 17.6 Å². The van der Waals surface area contributed by atoms with E-state index in [0.29, 0.717) is 12.0 Å². The third-order valence-electron chi connectivity index (χ3n) is 4.72. The lowest BCUT2D eigenvalue weighted by Gasteiger charge is -2.39. The summed E-state index contributed by atoms with van der Waals surface area (Å²) in [6.45, 7) is 2.87. The highest BCUT2D eigenvalue weighted by Crippen LogP contribution is 2.41. The molecule has 1 aliphatic heterocycles. The quantitative estimate of drug-likeness (QED) is 0.819. The average Bonchev–Trinajstić information content (AvgIpc) is 3.29. The second-order valence-electron chi connectivity index (χ2n) is 6.53. The van der Waals surface area contributed by atoms with Crippen molar-refractivity contribution in [2.75, 3.05) is 0 Å². The van der Waals surface area contributed by atoms with Crippen LogP contribution in [0.1, 0.15) is 38.2 Å². The molecule has 4 heteroatoms. The molecule has 0 aromatic heterocycles. The van der Waals surface area contributed by atoms with E-state index in [2.05, 4.69) is 35.5 Å². The van der Waals surface area contributed by atoms with Crippen LogP contribution in [0, 0.1) is 11.8 Å². The number of hydrogen-bond acceptors (Lipinski definition) is 4. The zero-order valence-electron chi connectivity index (χ0n) is 12.6. The fourth-order valence-corrected chi connectivity index (χ4v) is 3.76. The standard InChI is InChI=1S/C17H25NO2S/c1-12-7-10-15(20-17(12)19)16(14-8-9-14)18(21)11-13-5-3-2-4-6-13/h2-6,12,14-17,19,21H,7-11H2,1H3. The van der Waals surface area contributed by atoms with Crippen LogP contribution in [0.15, 0.2) is 30.3 Å². The number of aliphatic hydroxyl groups excluding tert-OH is 1. The van der Waals surface area contributed by atoms with Gasteiger partial charge in [-0.2, -0.15) is 0 Å². The molecule has 1 aromatic rings. The van der Waals surface area contributed by atoms with Gasteiger partial charge in [-0.3, -0.25) is 0 Å². The summed E-state index contributed by atoms with van der Waals surface area (Å²) in [5, 5.41) is 10.0. The summed E-state index contributed by atoms with van der Waals surface area (Å²) in [5.41, 5.74) is 1.27. The Morgan fingerprint density at radius 2 is 1.95 bits per heavy atom. The topological polar surface area (TPSA) is 32.7 Å². The van der Waals surface area contributed by atoms with Crippen LogP contribution in [0.3, 0.4) is 0 Å². The van der Waals surface area contributed by atoms with Gasteiger partial charge in [0.25, 0.3) is 0 Å². The predicted molar refractivity (Wildman–Crippen MR) is 86.8 cm³/mol. The van der Waals surface area contributed by atoms with Gasteiger partial charge in [0.2, 0.25) is 0 Å². The largest absolute Gasteiger partial charge is 0.368 e. The van der Waals surface area contributed by atoms with Crippen molar-refractivity contribution in [3.8, 4) is 0 Å². The number of thiol groups is 1. The van der Waals surface area contributed by atoms with Crippen LogP contribution in [0.4, 0.5) is 0 Å². The monoisotopic (exact) mass is 307 g/mol. The van der Waals surface area contributed by atoms with Crippen LogP contribution in [0.2, 0.25) is 0 Å². The zero-order chi connectivity index (χ0) is 14.8. The van der Waals surface area contributed by atoms with Gasteiger partial charge in [-0.25, -0.2) is 4.31 Å². The predicted octanol–water partition coefficient (Wildman–Crippen LogP) is 3.25. The van der Waals surface area contributed by atoms with Crippen LogP contribution >= 0.6 is 12.8 Å². The van der Waals surface area contributed by atoms with Gasteiger partial charge >= 0.3 is 0 Å². The number of nitrogens with zero attached hydrogens (tertiary/aromatic N) is 1. The molecule has 2 fully saturated rings. The Morgan fingerprint density at radius 3 is 2.57 bits per heavy atom. The summed E-state index contributed by atoms with van der Waals surface area (Å²) in [7, 11) is 0. The van der Waals surface area contributed by atoms with E-state index in [0.717, 1.165) is 19.4 Å². The summed E-state index contributed by atoms with van der Waals surface area (Å²) in [6, 6.07) is 10.7. The molecule has 0 amide bonds. The molecule has 0 spiro atoms. The number of aliphatic hydroxyl groups is 1. The molecule has 2 aliphatic rings. The summed E-state index contributed by atoms with van der Waals surface area (Å²) < 4.78 is 8.01. The highest BCUT2D eigenvalue weighted by molar-refractivity contribution is 7.77. The highest BCUT2D eigenvalue weighted by atomic mass is 32.1. The first-order valence-electron chi connectivity index (χ1n) is 7.98. The Hall–Kier alpha value is -0.550.